The van der Waals surface area contributed by atoms with E-state index in [2.05, 4.69) is 25.9 Å². The summed E-state index contributed by atoms with van der Waals surface area (Å²) in [6.45, 7) is 15.7. The van der Waals surface area contributed by atoms with Crippen molar-refractivity contribution >= 4 is 39.8 Å². The first-order chi connectivity index (χ1) is 26.9. The van der Waals surface area contributed by atoms with Crippen molar-refractivity contribution in [1.29, 1.82) is 0 Å². The van der Waals surface area contributed by atoms with Crippen LogP contribution in [0.5, 0.6) is 0 Å². The molecule has 0 saturated carbocycles. The molecule has 0 atom stereocenters. The molecule has 4 aliphatic rings. The highest BCUT2D eigenvalue weighted by molar-refractivity contribution is 9.10. The van der Waals surface area contributed by atoms with E-state index in [4.69, 9.17) is 33.3 Å². The van der Waals surface area contributed by atoms with Gasteiger partial charge in [-0.2, -0.15) is 0 Å². The number of pyridine rings is 2. The lowest BCUT2D eigenvalue weighted by Crippen LogP contribution is -2.45. The number of carbonyl (C=O) groups is 4. The number of rotatable bonds is 6. The molecule has 6 heterocycles. The molecular formula is C40H58BrN5O11. The van der Waals surface area contributed by atoms with E-state index >= 15 is 0 Å². The van der Waals surface area contributed by atoms with Crippen LogP contribution in [0.4, 0.5) is 9.59 Å². The molecule has 16 nitrogen and oxygen atoms in total. The molecular weight excluding hydrogens is 806 g/mol. The second kappa shape index (κ2) is 21.3. The Hall–Kier alpha value is -3.74. The smallest absolute Gasteiger partial charge is 0.410 e. The SMILES string of the molecule is Brc1ccc(C2OCCO2)cn1.CC(C)(C)OC(=O)N1CCC(C(=O)c2ccc(C3OCCO3)cn2)CC1.CON(C)C(=O)C1CCN(C(=O)OC(C)(C)C)CC1. The lowest BCUT2D eigenvalue weighted by Gasteiger charge is -2.33. The summed E-state index contributed by atoms with van der Waals surface area (Å²) < 4.78 is 33.0. The Labute approximate surface area is 343 Å². The van der Waals surface area contributed by atoms with Crippen LogP contribution in [0.2, 0.25) is 0 Å². The number of hydrogen-bond acceptors (Lipinski definition) is 13. The van der Waals surface area contributed by atoms with Crippen molar-refractivity contribution < 1.29 is 52.4 Å². The van der Waals surface area contributed by atoms with Gasteiger partial charge in [0, 0.05) is 68.6 Å². The van der Waals surface area contributed by atoms with Crippen LogP contribution in [-0.2, 0) is 38.1 Å². The number of ketones is 1. The zero-order chi connectivity index (χ0) is 41.8. The molecule has 17 heteroatoms. The van der Waals surface area contributed by atoms with Crippen molar-refractivity contribution in [3.8, 4) is 0 Å². The normalized spacial score (nSPS) is 18.5. The molecule has 4 saturated heterocycles. The molecule has 4 fully saturated rings. The van der Waals surface area contributed by atoms with Crippen LogP contribution in [0.25, 0.3) is 0 Å². The third-order valence-electron chi connectivity index (χ3n) is 9.17. The second-order valence-corrected chi connectivity index (χ2v) is 16.7. The Morgan fingerprint density at radius 3 is 1.47 bits per heavy atom. The van der Waals surface area contributed by atoms with Crippen LogP contribution >= 0.6 is 15.9 Å². The van der Waals surface area contributed by atoms with Crippen LogP contribution in [0.3, 0.4) is 0 Å². The Morgan fingerprint density at radius 2 is 1.11 bits per heavy atom. The van der Waals surface area contributed by atoms with Gasteiger partial charge in [0.15, 0.2) is 18.4 Å². The Bertz CT molecular complexity index is 1590. The Kier molecular flexibility index (Phi) is 17.2. The van der Waals surface area contributed by atoms with Crippen LogP contribution < -0.4 is 0 Å². The average molecular weight is 865 g/mol. The van der Waals surface area contributed by atoms with Crippen LogP contribution in [0, 0.1) is 11.8 Å². The summed E-state index contributed by atoms with van der Waals surface area (Å²) in [4.78, 5) is 65.1. The quantitative estimate of drug-likeness (QED) is 0.176. The molecule has 0 bridgehead atoms. The first-order valence-electron chi connectivity index (χ1n) is 19.3. The van der Waals surface area contributed by atoms with Crippen LogP contribution in [0.1, 0.15) is 101 Å². The number of carbonyl (C=O) groups excluding carboxylic acids is 4. The predicted octanol–water partition coefficient (Wildman–Crippen LogP) is 6.50. The number of ether oxygens (including phenoxy) is 6. The zero-order valence-corrected chi connectivity index (χ0v) is 35.9. The maximum absolute atomic E-state index is 12.7. The topological polar surface area (TPSA) is 168 Å². The van der Waals surface area contributed by atoms with Gasteiger partial charge in [-0.3, -0.25) is 19.4 Å². The number of nitrogens with zero attached hydrogens (tertiary/aromatic N) is 5. The zero-order valence-electron chi connectivity index (χ0n) is 34.4. The minimum Gasteiger partial charge on any atom is -0.444 e. The number of piperidine rings is 2. The minimum absolute atomic E-state index is 0.0219. The van der Waals surface area contributed by atoms with Gasteiger partial charge < -0.3 is 38.2 Å². The summed E-state index contributed by atoms with van der Waals surface area (Å²) in [7, 11) is 3.07. The van der Waals surface area contributed by atoms with Crippen molar-refractivity contribution in [3.63, 3.8) is 0 Å². The maximum atomic E-state index is 12.7. The fraction of sp³-hybridized carbons (Fsp3) is 0.650. The average Bonchev–Trinajstić information content (AvgIpc) is 3.93. The van der Waals surface area contributed by atoms with E-state index in [9.17, 15) is 19.2 Å². The minimum atomic E-state index is -0.512. The standard InChI is InChI=1S/C19H26N2O5.C13H24N2O4.C8H8BrNO2/c1-19(2,3)26-18(23)21-8-6-13(7-9-21)16(22)15-5-4-14(12-20-15)17-24-10-11-25-17;1-13(2,3)19-12(17)15-8-6-10(7-9-15)11(16)14(4)18-5;9-7-2-1-6(5-10-7)8-11-3-4-12-8/h4-5,12-13,17H,6-11H2,1-3H3;10H,6-9H2,1-5H3;1-2,5,8H,3-4H2. The van der Waals surface area contributed by atoms with E-state index in [1.54, 1.807) is 35.3 Å². The number of amides is 3. The summed E-state index contributed by atoms with van der Waals surface area (Å²) in [6.07, 6.45) is 4.69. The Balaban J connectivity index is 0.000000203. The first-order valence-corrected chi connectivity index (χ1v) is 20.1. The lowest BCUT2D eigenvalue weighted by molar-refractivity contribution is -0.174. The molecule has 2 aromatic rings. The third kappa shape index (κ3) is 14.9. The van der Waals surface area contributed by atoms with E-state index in [0.29, 0.717) is 84.0 Å². The molecule has 0 aliphatic carbocycles. The van der Waals surface area contributed by atoms with Crippen molar-refractivity contribution in [2.24, 2.45) is 11.8 Å². The molecule has 2 aromatic heterocycles. The Morgan fingerprint density at radius 1 is 0.684 bits per heavy atom. The second-order valence-electron chi connectivity index (χ2n) is 15.9. The van der Waals surface area contributed by atoms with Gasteiger partial charge in [-0.25, -0.2) is 19.6 Å². The molecule has 0 radical (unpaired) electrons. The molecule has 316 valence electrons. The van der Waals surface area contributed by atoms with Gasteiger partial charge in [-0.15, -0.1) is 0 Å². The molecule has 0 spiro atoms. The molecule has 3 amide bonds. The van der Waals surface area contributed by atoms with Crippen molar-refractivity contribution in [3.05, 3.63) is 58.1 Å². The van der Waals surface area contributed by atoms with Crippen molar-refractivity contribution in [1.82, 2.24) is 24.8 Å². The summed E-state index contributed by atoms with van der Waals surface area (Å²) in [6, 6.07) is 7.36. The molecule has 0 aromatic carbocycles. The van der Waals surface area contributed by atoms with Crippen LogP contribution in [-0.4, -0.2) is 127 Å². The monoisotopic (exact) mass is 863 g/mol. The highest BCUT2D eigenvalue weighted by Gasteiger charge is 2.33. The van der Waals surface area contributed by atoms with E-state index in [0.717, 1.165) is 15.7 Å². The lowest BCUT2D eigenvalue weighted by atomic mass is 9.91. The molecule has 6 rings (SSSR count). The van der Waals surface area contributed by atoms with Crippen molar-refractivity contribution in [2.75, 3.05) is 66.8 Å². The van der Waals surface area contributed by atoms with Crippen molar-refractivity contribution in [2.45, 2.75) is 91.0 Å². The number of hydroxylamine groups is 2. The summed E-state index contributed by atoms with van der Waals surface area (Å²) in [5.41, 5.74) is 1.24. The number of Topliss-reactive ketones (excluding diaryl/α,β-unsaturated/α-hetero) is 1. The van der Waals surface area contributed by atoms with Gasteiger partial charge in [-0.05, 0) is 101 Å². The number of halogens is 1. The van der Waals surface area contributed by atoms with E-state index in [1.807, 2.05) is 59.7 Å². The molecule has 0 N–H and O–H groups in total. The highest BCUT2D eigenvalue weighted by atomic mass is 79.9. The van der Waals surface area contributed by atoms with Gasteiger partial charge in [0.05, 0.1) is 33.5 Å². The molecule has 0 unspecified atom stereocenters. The highest BCUT2D eigenvalue weighted by Crippen LogP contribution is 2.27. The van der Waals surface area contributed by atoms with Gasteiger partial charge in [-0.1, -0.05) is 6.07 Å². The third-order valence-corrected chi connectivity index (χ3v) is 9.64. The summed E-state index contributed by atoms with van der Waals surface area (Å²) >= 11 is 3.26. The van der Waals surface area contributed by atoms with E-state index in [-0.39, 0.29) is 48.3 Å². The maximum Gasteiger partial charge on any atom is 0.410 e. The fourth-order valence-electron chi connectivity index (χ4n) is 6.16. The van der Waals surface area contributed by atoms with E-state index < -0.39 is 11.2 Å². The number of hydrogen-bond donors (Lipinski definition) is 0. The fourth-order valence-corrected chi connectivity index (χ4v) is 6.40. The van der Waals surface area contributed by atoms with Gasteiger partial charge in [0.25, 0.3) is 0 Å². The number of aromatic nitrogens is 2. The molecule has 57 heavy (non-hydrogen) atoms. The van der Waals surface area contributed by atoms with Gasteiger partial charge in [0.2, 0.25) is 5.91 Å². The summed E-state index contributed by atoms with van der Waals surface area (Å²) in [5, 5.41) is 1.24. The summed E-state index contributed by atoms with van der Waals surface area (Å²) in [5.74, 6) is -0.213. The van der Waals surface area contributed by atoms with Crippen LogP contribution in [0.15, 0.2) is 41.3 Å². The van der Waals surface area contributed by atoms with Gasteiger partial charge in [0.1, 0.15) is 21.5 Å². The first kappa shape index (κ1) is 46.0. The number of likely N-dealkylation sites (tertiary alicyclic amines) is 2. The molecule has 4 aliphatic heterocycles. The van der Waals surface area contributed by atoms with E-state index in [1.165, 1.54) is 12.2 Å². The largest absolute Gasteiger partial charge is 0.444 e. The predicted molar refractivity (Wildman–Crippen MR) is 211 cm³/mol. The van der Waals surface area contributed by atoms with Gasteiger partial charge >= 0.3 is 12.2 Å².